The van der Waals surface area contributed by atoms with Crippen molar-refractivity contribution in [3.63, 3.8) is 0 Å². The Morgan fingerprint density at radius 3 is 2.29 bits per heavy atom. The Morgan fingerprint density at radius 1 is 0.935 bits per heavy atom. The van der Waals surface area contributed by atoms with Crippen LogP contribution in [0, 0.1) is 0 Å². The number of hydrogen-bond donors (Lipinski definition) is 1. The van der Waals surface area contributed by atoms with Crippen molar-refractivity contribution in [2.75, 3.05) is 6.54 Å². The highest BCUT2D eigenvalue weighted by Crippen LogP contribution is 2.40. The Labute approximate surface area is 191 Å². The van der Waals surface area contributed by atoms with Crippen LogP contribution in [0.1, 0.15) is 82.1 Å². The molecule has 0 saturated carbocycles. The summed E-state index contributed by atoms with van der Waals surface area (Å²) in [6.45, 7) is 5.73. The van der Waals surface area contributed by atoms with Crippen LogP contribution in [0.4, 0.5) is 5.69 Å². The van der Waals surface area contributed by atoms with Crippen molar-refractivity contribution < 1.29 is 14.5 Å². The van der Waals surface area contributed by atoms with Gasteiger partial charge in [-0.05, 0) is 44.2 Å². The molecule has 0 fully saturated rings. The number of carboxylic acid groups (broad SMARTS) is 1. The highest BCUT2D eigenvalue weighted by molar-refractivity contribution is 7.10. The van der Waals surface area contributed by atoms with Crippen LogP contribution in [0.3, 0.4) is 0 Å². The Morgan fingerprint density at radius 2 is 1.61 bits per heavy atom. The maximum atomic E-state index is 10.5. The van der Waals surface area contributed by atoms with Crippen LogP contribution in [0.2, 0.25) is 0 Å². The molecule has 0 atom stereocenters. The van der Waals surface area contributed by atoms with Crippen LogP contribution in [0.25, 0.3) is 6.08 Å². The summed E-state index contributed by atoms with van der Waals surface area (Å²) in [5.74, 6) is -0.673. The molecule has 1 N–H and O–H groups in total. The molecule has 2 heterocycles. The third-order valence-electron chi connectivity index (χ3n) is 6.27. The fourth-order valence-corrected chi connectivity index (χ4v) is 5.15. The first-order valence-electron chi connectivity index (χ1n) is 11.7. The van der Waals surface area contributed by atoms with Crippen molar-refractivity contribution in [1.82, 2.24) is 0 Å². The molecule has 3 nitrogen and oxygen atoms in total. The van der Waals surface area contributed by atoms with E-state index in [-0.39, 0.29) is 5.41 Å². The Kier molecular flexibility index (Phi) is 8.65. The van der Waals surface area contributed by atoms with Crippen molar-refractivity contribution in [2.45, 2.75) is 77.0 Å². The zero-order valence-corrected chi connectivity index (χ0v) is 19.8. The maximum absolute atomic E-state index is 10.5. The molecule has 1 aromatic heterocycles. The normalized spacial score (nSPS) is 15.0. The Bertz CT molecular complexity index is 909. The lowest BCUT2D eigenvalue weighted by atomic mass is 9.81. The molecule has 1 aromatic carbocycles. The van der Waals surface area contributed by atoms with Gasteiger partial charge in [0.1, 0.15) is 6.54 Å². The molecule has 0 spiro atoms. The lowest BCUT2D eigenvalue weighted by Crippen LogP contribution is -2.27. The lowest BCUT2D eigenvalue weighted by molar-refractivity contribution is -0.438. The fourth-order valence-electron chi connectivity index (χ4n) is 4.54. The number of para-hydroxylation sites is 1. The van der Waals surface area contributed by atoms with E-state index in [2.05, 4.69) is 72.4 Å². The van der Waals surface area contributed by atoms with Crippen molar-refractivity contribution in [1.29, 1.82) is 0 Å². The van der Waals surface area contributed by atoms with Gasteiger partial charge in [-0.2, -0.15) is 4.58 Å². The molecule has 3 rings (SSSR count). The molecule has 4 heteroatoms. The number of benzene rings is 1. The van der Waals surface area contributed by atoms with Gasteiger partial charge in [-0.15, -0.1) is 11.3 Å². The second kappa shape index (κ2) is 11.4. The summed E-state index contributed by atoms with van der Waals surface area (Å²) in [6, 6.07) is 13.1. The summed E-state index contributed by atoms with van der Waals surface area (Å²) < 4.78 is 2.53. The second-order valence-corrected chi connectivity index (χ2v) is 9.98. The monoisotopic (exact) mass is 438 g/mol. The zero-order valence-electron chi connectivity index (χ0n) is 19.0. The van der Waals surface area contributed by atoms with E-state index in [1.807, 2.05) is 0 Å². The van der Waals surface area contributed by atoms with Gasteiger partial charge in [0.15, 0.2) is 5.71 Å². The minimum Gasteiger partial charge on any atom is -0.481 e. The van der Waals surface area contributed by atoms with Gasteiger partial charge in [0.25, 0.3) is 0 Å². The highest BCUT2D eigenvalue weighted by Gasteiger charge is 2.43. The summed E-state index contributed by atoms with van der Waals surface area (Å²) in [7, 11) is 0. The van der Waals surface area contributed by atoms with Crippen LogP contribution in [-0.4, -0.2) is 27.9 Å². The summed E-state index contributed by atoms with van der Waals surface area (Å²) in [4.78, 5) is 11.8. The molecule has 0 saturated heterocycles. The third-order valence-corrected chi connectivity index (χ3v) is 7.11. The van der Waals surface area contributed by atoms with E-state index in [0.717, 1.165) is 25.8 Å². The minimum atomic E-state index is -0.673. The van der Waals surface area contributed by atoms with Crippen LogP contribution < -0.4 is 0 Å². The van der Waals surface area contributed by atoms with Crippen LogP contribution in [0.15, 0.2) is 47.9 Å². The van der Waals surface area contributed by atoms with Crippen molar-refractivity contribution in [3.05, 3.63) is 58.3 Å². The average molecular weight is 439 g/mol. The predicted octanol–water partition coefficient (Wildman–Crippen LogP) is 7.43. The van der Waals surface area contributed by atoms with Gasteiger partial charge in [0.2, 0.25) is 5.69 Å². The van der Waals surface area contributed by atoms with E-state index >= 15 is 0 Å². The third kappa shape index (κ3) is 6.39. The van der Waals surface area contributed by atoms with Gasteiger partial charge in [0.05, 0.1) is 5.41 Å². The van der Waals surface area contributed by atoms with E-state index in [4.69, 9.17) is 5.11 Å². The molecular formula is C27H36NO2S+. The molecule has 1 aliphatic heterocycles. The minimum absolute atomic E-state index is 0.0142. The molecule has 31 heavy (non-hydrogen) atoms. The van der Waals surface area contributed by atoms with Gasteiger partial charge in [0, 0.05) is 35.4 Å². The van der Waals surface area contributed by atoms with Gasteiger partial charge in [-0.3, -0.25) is 4.79 Å². The second-order valence-electron chi connectivity index (χ2n) is 9.00. The average Bonchev–Trinajstić information content (AvgIpc) is 3.33. The van der Waals surface area contributed by atoms with Crippen LogP contribution >= 0.6 is 11.3 Å². The zero-order chi connectivity index (χ0) is 22.1. The highest BCUT2D eigenvalue weighted by atomic mass is 32.1. The number of aliphatic carboxylic acids is 1. The molecule has 0 bridgehead atoms. The summed E-state index contributed by atoms with van der Waals surface area (Å²) in [5, 5.41) is 10.8. The standard InChI is InChI=1S/C27H35NO2S/c1-27(2)23-15-10-11-16-24(23)28(25(27)19-18-22-14-13-21-31-22)20-12-8-6-4-3-5-7-9-17-26(29)30/h10-11,13-16,18-19,21H,3-9,12,17,20H2,1-2H3/p+1/b19-18+. The summed E-state index contributed by atoms with van der Waals surface area (Å²) >= 11 is 1.78. The number of fused-ring (bicyclic) bond motifs is 1. The number of rotatable bonds is 13. The summed E-state index contributed by atoms with van der Waals surface area (Å²) in [5.41, 5.74) is 4.18. The number of carboxylic acids is 1. The van der Waals surface area contributed by atoms with Crippen molar-refractivity contribution >= 4 is 34.8 Å². The van der Waals surface area contributed by atoms with Crippen molar-refractivity contribution in [3.8, 4) is 0 Å². The van der Waals surface area contributed by atoms with Gasteiger partial charge < -0.3 is 5.11 Å². The number of unbranched alkanes of at least 4 members (excludes halogenated alkanes) is 7. The van der Waals surface area contributed by atoms with Crippen LogP contribution in [0.5, 0.6) is 0 Å². The number of carbonyl (C=O) groups is 1. The maximum Gasteiger partial charge on any atom is 0.303 e. The number of hydrogen-bond acceptors (Lipinski definition) is 2. The number of allylic oxidation sites excluding steroid dienone is 1. The molecule has 0 aliphatic carbocycles. The molecule has 1 aliphatic rings. The molecule has 2 aromatic rings. The lowest BCUT2D eigenvalue weighted by Gasteiger charge is -2.15. The fraction of sp³-hybridized carbons (Fsp3) is 0.481. The van der Waals surface area contributed by atoms with E-state index in [1.54, 1.807) is 11.3 Å². The Balaban J connectivity index is 1.54. The van der Waals surface area contributed by atoms with E-state index in [1.165, 1.54) is 53.9 Å². The van der Waals surface area contributed by atoms with Gasteiger partial charge in [-0.1, -0.05) is 56.4 Å². The van der Waals surface area contributed by atoms with Gasteiger partial charge >= 0.3 is 5.97 Å². The molecule has 166 valence electrons. The van der Waals surface area contributed by atoms with Gasteiger partial charge in [-0.25, -0.2) is 0 Å². The number of thiophene rings is 1. The van der Waals surface area contributed by atoms with E-state index in [9.17, 15) is 4.79 Å². The molecular weight excluding hydrogens is 402 g/mol. The molecule has 0 unspecified atom stereocenters. The first-order chi connectivity index (χ1) is 15.0. The van der Waals surface area contributed by atoms with Crippen LogP contribution in [-0.2, 0) is 10.2 Å². The Hall–Kier alpha value is -2.20. The molecule has 0 radical (unpaired) electrons. The largest absolute Gasteiger partial charge is 0.481 e. The SMILES string of the molecule is CC1(C)C(/C=C/c2cccs2)=[N+](CCCCCCCCCCC(=O)O)c2ccccc21. The quantitative estimate of drug-likeness (QED) is 0.261. The van der Waals surface area contributed by atoms with E-state index in [0.29, 0.717) is 6.42 Å². The van der Waals surface area contributed by atoms with E-state index < -0.39 is 5.97 Å². The molecule has 0 amide bonds. The van der Waals surface area contributed by atoms with Crippen molar-refractivity contribution in [2.24, 2.45) is 0 Å². The smallest absolute Gasteiger partial charge is 0.303 e. The first kappa shape index (κ1) is 23.5. The first-order valence-corrected chi connectivity index (χ1v) is 12.6. The topological polar surface area (TPSA) is 40.3 Å². The predicted molar refractivity (Wildman–Crippen MR) is 132 cm³/mol. The summed E-state index contributed by atoms with van der Waals surface area (Å²) in [6.07, 6.45) is 14.1. The number of nitrogens with zero attached hydrogens (tertiary/aromatic N) is 1.